The van der Waals surface area contributed by atoms with Crippen LogP contribution in [0.25, 0.3) is 0 Å². The summed E-state index contributed by atoms with van der Waals surface area (Å²) in [7, 11) is -1.40. The molecule has 0 aliphatic carbocycles. The third-order valence-corrected chi connectivity index (χ3v) is 5.66. The van der Waals surface area contributed by atoms with Crippen molar-refractivity contribution < 1.29 is 17.9 Å². The van der Waals surface area contributed by atoms with Crippen LogP contribution in [0.3, 0.4) is 0 Å². The van der Waals surface area contributed by atoms with Gasteiger partial charge in [0.15, 0.2) is 16.4 Å². The van der Waals surface area contributed by atoms with Gasteiger partial charge in [-0.25, -0.2) is 8.42 Å². The highest BCUT2D eigenvalue weighted by Crippen LogP contribution is 2.28. The number of carbonyl (C=O) groups excluding carboxylic acids is 1. The highest BCUT2D eigenvalue weighted by molar-refractivity contribution is 7.91. The molecule has 110 valence electrons. The summed E-state index contributed by atoms with van der Waals surface area (Å²) in [4.78, 5) is 13.6. The fourth-order valence-electron chi connectivity index (χ4n) is 2.32. The van der Waals surface area contributed by atoms with E-state index in [1.165, 1.54) is 4.90 Å². The molecule has 1 atom stereocenters. The highest BCUT2D eigenvalue weighted by Gasteiger charge is 2.43. The third kappa shape index (κ3) is 3.30. The molecule has 0 aromatic heterocycles. The molecular formula is C14H19NO4S. The number of para-hydroxylation sites is 1. The van der Waals surface area contributed by atoms with Crippen molar-refractivity contribution in [3.8, 4) is 5.75 Å². The van der Waals surface area contributed by atoms with Crippen molar-refractivity contribution >= 4 is 15.7 Å². The average Bonchev–Trinajstić information content (AvgIpc) is 2.71. The van der Waals surface area contributed by atoms with Crippen LogP contribution in [0.4, 0.5) is 0 Å². The van der Waals surface area contributed by atoms with E-state index in [9.17, 15) is 13.2 Å². The van der Waals surface area contributed by atoms with Crippen molar-refractivity contribution in [3.63, 3.8) is 0 Å². The molecule has 0 unspecified atom stereocenters. The van der Waals surface area contributed by atoms with Crippen LogP contribution in [-0.2, 0) is 14.6 Å². The fraction of sp³-hybridized carbons (Fsp3) is 0.500. The molecule has 5 nitrogen and oxygen atoms in total. The minimum Gasteiger partial charge on any atom is -0.484 e. The normalized spacial score (nSPS) is 24.3. The Morgan fingerprint density at radius 3 is 2.55 bits per heavy atom. The van der Waals surface area contributed by atoms with Gasteiger partial charge in [-0.05, 0) is 25.5 Å². The monoisotopic (exact) mass is 297 g/mol. The van der Waals surface area contributed by atoms with Crippen LogP contribution < -0.4 is 4.74 Å². The molecule has 0 spiro atoms. The van der Waals surface area contributed by atoms with E-state index < -0.39 is 15.4 Å². The number of ether oxygens (including phenoxy) is 1. The zero-order valence-corrected chi connectivity index (χ0v) is 12.5. The molecule has 1 fully saturated rings. The second-order valence-corrected chi connectivity index (χ2v) is 7.58. The number of hydrogen-bond acceptors (Lipinski definition) is 4. The fourth-order valence-corrected chi connectivity index (χ4v) is 4.50. The molecule has 0 N–H and O–H groups in total. The maximum Gasteiger partial charge on any atom is 0.260 e. The van der Waals surface area contributed by atoms with E-state index >= 15 is 0 Å². The van der Waals surface area contributed by atoms with Gasteiger partial charge in [0.25, 0.3) is 5.91 Å². The first-order valence-electron chi connectivity index (χ1n) is 6.47. The van der Waals surface area contributed by atoms with Crippen molar-refractivity contribution in [2.45, 2.75) is 18.9 Å². The van der Waals surface area contributed by atoms with Crippen molar-refractivity contribution in [2.24, 2.45) is 0 Å². The van der Waals surface area contributed by atoms with Crippen molar-refractivity contribution in [1.82, 2.24) is 4.90 Å². The number of rotatable bonds is 4. The number of amides is 1. The number of carbonyl (C=O) groups is 1. The maximum atomic E-state index is 12.1. The van der Waals surface area contributed by atoms with E-state index in [0.717, 1.165) is 0 Å². The molecule has 0 saturated carbocycles. The number of likely N-dealkylation sites (N-methyl/N-ethyl adjacent to an activating group) is 1. The quantitative estimate of drug-likeness (QED) is 0.835. The summed E-state index contributed by atoms with van der Waals surface area (Å²) < 4.78 is 28.6. The molecule has 1 aromatic rings. The lowest BCUT2D eigenvalue weighted by atomic mass is 10.00. The molecule has 6 heteroatoms. The van der Waals surface area contributed by atoms with Crippen molar-refractivity contribution in [3.05, 3.63) is 30.3 Å². The maximum absolute atomic E-state index is 12.1. The molecule has 0 radical (unpaired) electrons. The second-order valence-electron chi connectivity index (χ2n) is 5.39. The largest absolute Gasteiger partial charge is 0.484 e. The lowest BCUT2D eigenvalue weighted by molar-refractivity contribution is -0.136. The Balaban J connectivity index is 1.96. The van der Waals surface area contributed by atoms with Crippen molar-refractivity contribution in [2.75, 3.05) is 25.2 Å². The van der Waals surface area contributed by atoms with Crippen LogP contribution in [0.15, 0.2) is 30.3 Å². The van der Waals surface area contributed by atoms with Gasteiger partial charge in [-0.3, -0.25) is 4.79 Å². The zero-order valence-electron chi connectivity index (χ0n) is 11.7. The van der Waals surface area contributed by atoms with E-state index in [-0.39, 0.29) is 24.0 Å². The Kier molecular flexibility index (Phi) is 4.04. The molecule has 1 heterocycles. The smallest absolute Gasteiger partial charge is 0.260 e. The third-order valence-electron chi connectivity index (χ3n) is 3.77. The summed E-state index contributed by atoms with van der Waals surface area (Å²) >= 11 is 0. The van der Waals surface area contributed by atoms with Crippen LogP contribution >= 0.6 is 0 Å². The summed E-state index contributed by atoms with van der Waals surface area (Å²) in [5.41, 5.74) is -0.629. The van der Waals surface area contributed by atoms with Gasteiger partial charge in [0.05, 0.1) is 17.0 Å². The summed E-state index contributed by atoms with van der Waals surface area (Å²) in [6.07, 6.45) is 0.475. The molecular weight excluding hydrogens is 278 g/mol. The molecule has 1 aromatic carbocycles. The van der Waals surface area contributed by atoms with E-state index in [1.807, 2.05) is 18.2 Å². The van der Waals surface area contributed by atoms with Crippen LogP contribution in [-0.4, -0.2) is 49.9 Å². The SMILES string of the molecule is CN(C(=O)COc1ccccc1)[C@]1(C)CCS(=O)(=O)C1. The lowest BCUT2D eigenvalue weighted by Gasteiger charge is -2.34. The molecule has 0 bridgehead atoms. The Bertz CT molecular complexity index is 584. The first kappa shape index (κ1) is 14.8. The summed E-state index contributed by atoms with van der Waals surface area (Å²) in [5.74, 6) is 0.570. The minimum absolute atomic E-state index is 0.0214. The Morgan fingerprint density at radius 2 is 2.00 bits per heavy atom. The van der Waals surface area contributed by atoms with Gasteiger partial charge in [0.2, 0.25) is 0 Å². The van der Waals surface area contributed by atoms with Gasteiger partial charge >= 0.3 is 0 Å². The van der Waals surface area contributed by atoms with Gasteiger partial charge in [-0.15, -0.1) is 0 Å². The number of nitrogens with zero attached hydrogens (tertiary/aromatic N) is 1. The summed E-state index contributed by atoms with van der Waals surface area (Å²) in [6.45, 7) is 1.72. The van der Waals surface area contributed by atoms with E-state index in [2.05, 4.69) is 0 Å². The molecule has 20 heavy (non-hydrogen) atoms. The van der Waals surface area contributed by atoms with Gasteiger partial charge in [-0.2, -0.15) is 0 Å². The Hall–Kier alpha value is -1.56. The second kappa shape index (κ2) is 5.44. The summed E-state index contributed by atoms with van der Waals surface area (Å²) in [5, 5.41) is 0. The van der Waals surface area contributed by atoms with Gasteiger partial charge in [-0.1, -0.05) is 18.2 Å². The molecule has 1 aliphatic heterocycles. The number of benzene rings is 1. The van der Waals surface area contributed by atoms with Gasteiger partial charge in [0, 0.05) is 7.05 Å². The van der Waals surface area contributed by atoms with Crippen molar-refractivity contribution in [1.29, 1.82) is 0 Å². The van der Waals surface area contributed by atoms with E-state index in [1.54, 1.807) is 26.1 Å². The standard InChI is InChI=1S/C14H19NO4S/c1-14(8-9-20(17,18)11-14)15(2)13(16)10-19-12-6-4-3-5-7-12/h3-7H,8-11H2,1-2H3/t14-/m1/s1. The number of sulfone groups is 1. The Labute approximate surface area is 119 Å². The van der Waals surface area contributed by atoms with Crippen LogP contribution in [0.5, 0.6) is 5.75 Å². The molecule has 1 amide bonds. The summed E-state index contributed by atoms with van der Waals surface area (Å²) in [6, 6.07) is 9.07. The molecule has 2 rings (SSSR count). The van der Waals surface area contributed by atoms with Gasteiger partial charge in [0.1, 0.15) is 5.75 Å². The first-order chi connectivity index (χ1) is 9.32. The van der Waals surface area contributed by atoms with Crippen LogP contribution in [0.2, 0.25) is 0 Å². The lowest BCUT2D eigenvalue weighted by Crippen LogP contribution is -2.49. The van der Waals surface area contributed by atoms with Gasteiger partial charge < -0.3 is 9.64 Å². The minimum atomic E-state index is -3.03. The first-order valence-corrected chi connectivity index (χ1v) is 8.29. The molecule has 1 saturated heterocycles. The van der Waals surface area contributed by atoms with E-state index in [4.69, 9.17) is 4.74 Å². The van der Waals surface area contributed by atoms with Crippen LogP contribution in [0.1, 0.15) is 13.3 Å². The van der Waals surface area contributed by atoms with E-state index in [0.29, 0.717) is 12.2 Å². The zero-order chi connectivity index (χ0) is 14.8. The predicted octanol–water partition coefficient (Wildman–Crippen LogP) is 1.10. The highest BCUT2D eigenvalue weighted by atomic mass is 32.2. The predicted molar refractivity (Wildman–Crippen MR) is 76.4 cm³/mol. The topological polar surface area (TPSA) is 63.7 Å². The number of hydrogen-bond donors (Lipinski definition) is 0. The van der Waals surface area contributed by atoms with Crippen LogP contribution in [0, 0.1) is 0 Å². The average molecular weight is 297 g/mol. The molecule has 1 aliphatic rings. The Morgan fingerprint density at radius 1 is 1.35 bits per heavy atom.